The number of anilines is 1. The van der Waals surface area contributed by atoms with E-state index in [4.69, 9.17) is 24.3 Å². The first-order valence-corrected chi connectivity index (χ1v) is 15.0. The summed E-state index contributed by atoms with van der Waals surface area (Å²) in [6, 6.07) is 0. The fraction of sp³-hybridized carbons (Fsp3) is 0.708. The number of carbonyl (C=O) groups excluding carboxylic acids is 1. The minimum Gasteiger partial charge on any atom is -0.481 e. The van der Waals surface area contributed by atoms with Gasteiger partial charge < -0.3 is 29.4 Å². The highest BCUT2D eigenvalue weighted by molar-refractivity contribution is 7.53. The Morgan fingerprint density at radius 1 is 1.15 bits per heavy atom. The number of hydrogen-bond acceptors (Lipinski definition) is 11. The largest absolute Gasteiger partial charge is 0.481 e. The molecule has 0 amide bonds. The van der Waals surface area contributed by atoms with Gasteiger partial charge in [-0.15, -0.1) is 0 Å². The molecule has 0 radical (unpaired) electrons. The first kappa shape index (κ1) is 27.8. The Kier molecular flexibility index (Phi) is 7.82. The summed E-state index contributed by atoms with van der Waals surface area (Å²) in [4.78, 5) is 47.1. The van der Waals surface area contributed by atoms with Gasteiger partial charge in [-0.2, -0.15) is 4.98 Å². The maximum absolute atomic E-state index is 13.8. The summed E-state index contributed by atoms with van der Waals surface area (Å²) in [5, 5.41) is 9.81. The number of aliphatic carboxylic acids is 1. The third-order valence-electron chi connectivity index (χ3n) is 7.98. The topological polar surface area (TPSA) is 198 Å². The number of nitrogens with zero attached hydrogens (tertiary/aromatic N) is 3. The molecule has 0 saturated heterocycles. The van der Waals surface area contributed by atoms with Crippen molar-refractivity contribution in [3.05, 3.63) is 16.7 Å². The second-order valence-corrected chi connectivity index (χ2v) is 12.8. The molecule has 1 unspecified atom stereocenters. The van der Waals surface area contributed by atoms with Crippen molar-refractivity contribution in [3.8, 4) is 0 Å². The zero-order valence-electron chi connectivity index (χ0n) is 21.6. The lowest BCUT2D eigenvalue weighted by atomic mass is 9.88. The van der Waals surface area contributed by atoms with Crippen molar-refractivity contribution < 1.29 is 37.8 Å². The normalized spacial score (nSPS) is 21.6. The van der Waals surface area contributed by atoms with Gasteiger partial charge in [-0.25, -0.2) is 4.98 Å². The molecule has 4 N–H and O–H groups in total. The molecule has 39 heavy (non-hydrogen) atoms. The van der Waals surface area contributed by atoms with E-state index in [1.54, 1.807) is 4.57 Å². The van der Waals surface area contributed by atoms with Crippen LogP contribution in [0, 0.1) is 11.3 Å². The molecule has 5 rings (SSSR count). The molecule has 2 heterocycles. The van der Waals surface area contributed by atoms with Gasteiger partial charge in [0.15, 0.2) is 11.2 Å². The van der Waals surface area contributed by atoms with Crippen LogP contribution in [-0.2, 0) is 39.2 Å². The third kappa shape index (κ3) is 6.19. The van der Waals surface area contributed by atoms with Gasteiger partial charge in [0, 0.05) is 0 Å². The Bertz CT molecular complexity index is 1320. The van der Waals surface area contributed by atoms with Crippen molar-refractivity contribution in [2.24, 2.45) is 11.3 Å². The maximum atomic E-state index is 13.8. The minimum absolute atomic E-state index is 0.0438. The standard InChI is InChI=1S/C24H34N5O9P/c25-22-27-18-17(19(30)28-22)26-13-29(18)11-24(9-10-24)36-15-39(34,37-12-23(21(32)33)7-3-4-8-23)38-14-35-20(31)16-5-1-2-6-16/h13,16H,1-12,14-15H2,(H,32,33)(H3,25,27,28,30). The van der Waals surface area contributed by atoms with Gasteiger partial charge in [0.25, 0.3) is 5.56 Å². The number of H-pyrrole nitrogens is 1. The number of ether oxygens (including phenoxy) is 2. The number of aromatic nitrogens is 4. The smallest absolute Gasteiger partial charge is 0.359 e. The molecule has 3 aliphatic carbocycles. The number of hydrogen-bond donors (Lipinski definition) is 3. The van der Waals surface area contributed by atoms with E-state index >= 15 is 0 Å². The number of carbonyl (C=O) groups is 2. The van der Waals surface area contributed by atoms with Gasteiger partial charge in [-0.05, 0) is 38.5 Å². The zero-order chi connectivity index (χ0) is 27.7. The Morgan fingerprint density at radius 2 is 1.87 bits per heavy atom. The van der Waals surface area contributed by atoms with Gasteiger partial charge in [-0.1, -0.05) is 25.7 Å². The SMILES string of the molecule is Nc1nc2c(ncn2CC2(OCP(=O)(OCOC(=O)C3CCCC3)OCC3(C(=O)O)CCCC3)CC2)c(=O)[nH]1. The van der Waals surface area contributed by atoms with Crippen molar-refractivity contribution in [2.45, 2.75) is 76.4 Å². The molecule has 3 aliphatic rings. The molecule has 15 heteroatoms. The summed E-state index contributed by atoms with van der Waals surface area (Å²) in [7, 11) is -4.03. The van der Waals surface area contributed by atoms with E-state index < -0.39 is 49.3 Å². The fourth-order valence-corrected chi connectivity index (χ4v) is 6.66. The van der Waals surface area contributed by atoms with Gasteiger partial charge in [0.2, 0.25) is 12.7 Å². The molecule has 2 aromatic rings. The summed E-state index contributed by atoms with van der Waals surface area (Å²) in [6.45, 7) is -0.624. The number of esters is 1. The first-order chi connectivity index (χ1) is 18.6. The van der Waals surface area contributed by atoms with Crippen molar-refractivity contribution in [3.63, 3.8) is 0 Å². The number of nitrogen functional groups attached to an aromatic ring is 1. The summed E-state index contributed by atoms with van der Waals surface area (Å²) >= 11 is 0. The van der Waals surface area contributed by atoms with Crippen molar-refractivity contribution in [1.82, 2.24) is 19.5 Å². The first-order valence-electron chi connectivity index (χ1n) is 13.3. The molecule has 0 spiro atoms. The lowest BCUT2D eigenvalue weighted by Gasteiger charge is -2.28. The molecule has 0 bridgehead atoms. The quantitative estimate of drug-likeness (QED) is 0.182. The lowest BCUT2D eigenvalue weighted by Crippen LogP contribution is -2.33. The van der Waals surface area contributed by atoms with Crippen molar-refractivity contribution >= 4 is 36.6 Å². The average molecular weight is 568 g/mol. The van der Waals surface area contributed by atoms with Gasteiger partial charge in [-0.3, -0.25) is 28.5 Å². The second kappa shape index (κ2) is 11.0. The summed E-state index contributed by atoms with van der Waals surface area (Å²) in [5.41, 5.74) is 3.77. The predicted molar refractivity (Wildman–Crippen MR) is 137 cm³/mol. The van der Waals surface area contributed by atoms with Crippen LogP contribution in [0.3, 0.4) is 0 Å². The van der Waals surface area contributed by atoms with E-state index in [0.717, 1.165) is 38.5 Å². The van der Waals surface area contributed by atoms with Gasteiger partial charge >= 0.3 is 19.5 Å². The number of carboxylic acids is 1. The third-order valence-corrected chi connectivity index (χ3v) is 9.45. The van der Waals surface area contributed by atoms with E-state index in [9.17, 15) is 24.1 Å². The van der Waals surface area contributed by atoms with E-state index in [1.165, 1.54) is 6.33 Å². The number of nitrogens with one attached hydrogen (secondary N) is 1. The molecular weight excluding hydrogens is 533 g/mol. The molecule has 0 aliphatic heterocycles. The molecular formula is C24H34N5O9P. The van der Waals surface area contributed by atoms with Crippen molar-refractivity contribution in [1.29, 1.82) is 0 Å². The van der Waals surface area contributed by atoms with Crippen LogP contribution in [0.1, 0.15) is 64.2 Å². The van der Waals surface area contributed by atoms with Crippen molar-refractivity contribution in [2.75, 3.05) is 25.5 Å². The molecule has 2 aromatic heterocycles. The Hall–Kier alpha value is -2.80. The number of rotatable bonds is 13. The molecule has 3 fully saturated rings. The van der Waals surface area contributed by atoms with Crippen LogP contribution >= 0.6 is 7.60 Å². The Labute approximate surface area is 224 Å². The maximum Gasteiger partial charge on any atom is 0.359 e. The summed E-state index contributed by atoms with van der Waals surface area (Å²) in [5.74, 6) is -1.66. The van der Waals surface area contributed by atoms with Crippen LogP contribution in [0.25, 0.3) is 11.2 Å². The highest BCUT2D eigenvalue weighted by atomic mass is 31.2. The molecule has 0 aromatic carbocycles. The number of nitrogens with two attached hydrogens (primary N) is 1. The second-order valence-electron chi connectivity index (χ2n) is 10.8. The molecule has 214 valence electrons. The van der Waals surface area contributed by atoms with Crippen LogP contribution in [0.4, 0.5) is 5.95 Å². The van der Waals surface area contributed by atoms with Gasteiger partial charge in [0.05, 0.1) is 36.4 Å². The highest BCUT2D eigenvalue weighted by Gasteiger charge is 2.48. The summed E-state index contributed by atoms with van der Waals surface area (Å²) in [6.07, 6.45) is 7.94. The monoisotopic (exact) mass is 567 g/mol. The number of carboxylic acid groups (broad SMARTS) is 1. The minimum atomic E-state index is -4.03. The fourth-order valence-electron chi connectivity index (χ4n) is 5.35. The summed E-state index contributed by atoms with van der Waals surface area (Å²) < 4.78 is 37.9. The van der Waals surface area contributed by atoms with Crippen LogP contribution in [0.2, 0.25) is 0 Å². The van der Waals surface area contributed by atoms with Crippen LogP contribution in [-0.4, -0.2) is 61.9 Å². The van der Waals surface area contributed by atoms with E-state index in [0.29, 0.717) is 31.3 Å². The number of fused-ring (bicyclic) bond motifs is 1. The molecule has 14 nitrogen and oxygen atoms in total. The molecule has 1 atom stereocenters. The highest BCUT2D eigenvalue weighted by Crippen LogP contribution is 2.54. The average Bonchev–Trinajstić information content (AvgIpc) is 3.32. The van der Waals surface area contributed by atoms with Gasteiger partial charge in [0.1, 0.15) is 6.35 Å². The molecule has 3 saturated carbocycles. The number of imidazole rings is 1. The predicted octanol–water partition coefficient (Wildman–Crippen LogP) is 2.77. The zero-order valence-corrected chi connectivity index (χ0v) is 22.5. The van der Waals surface area contributed by atoms with Crippen LogP contribution < -0.4 is 11.3 Å². The Morgan fingerprint density at radius 3 is 2.54 bits per heavy atom. The van der Waals surface area contributed by atoms with E-state index in [-0.39, 0.29) is 30.5 Å². The van der Waals surface area contributed by atoms with E-state index in [2.05, 4.69) is 15.0 Å². The van der Waals surface area contributed by atoms with Crippen LogP contribution in [0.5, 0.6) is 0 Å². The number of aromatic amines is 1. The lowest BCUT2D eigenvalue weighted by molar-refractivity contribution is -0.155. The van der Waals surface area contributed by atoms with E-state index in [1.807, 2.05) is 0 Å². The van der Waals surface area contributed by atoms with Crippen LogP contribution in [0.15, 0.2) is 11.1 Å². The Balaban J connectivity index is 1.26.